The number of carbonyl (C=O) groups excluding carboxylic acids is 1. The fraction of sp³-hybridized carbons (Fsp3) is 0.190. The molecule has 0 unspecified atom stereocenters. The van der Waals surface area contributed by atoms with Crippen molar-refractivity contribution in [2.24, 2.45) is 0 Å². The van der Waals surface area contributed by atoms with E-state index in [9.17, 15) is 4.79 Å². The average Bonchev–Trinajstić information content (AvgIpc) is 3.18. The Labute approximate surface area is 158 Å². The van der Waals surface area contributed by atoms with Crippen LogP contribution < -0.4 is 10.6 Å². The van der Waals surface area contributed by atoms with Gasteiger partial charge in [-0.1, -0.05) is 48.0 Å². The lowest BCUT2D eigenvalue weighted by Gasteiger charge is -2.19. The Balaban J connectivity index is 1.82. The summed E-state index contributed by atoms with van der Waals surface area (Å²) in [5, 5.41) is 5.60. The van der Waals surface area contributed by atoms with Crippen LogP contribution in [0, 0.1) is 6.92 Å². The molecule has 2 aromatic carbocycles. The van der Waals surface area contributed by atoms with Crippen molar-refractivity contribution >= 4 is 23.2 Å². The molecule has 0 spiro atoms. The highest BCUT2D eigenvalue weighted by atomic mass is 35.5. The van der Waals surface area contributed by atoms with Crippen molar-refractivity contribution < 1.29 is 14.5 Å². The van der Waals surface area contributed by atoms with Crippen molar-refractivity contribution in [1.82, 2.24) is 0 Å². The molecule has 0 aliphatic heterocycles. The molecule has 134 valence electrons. The predicted molar refractivity (Wildman–Crippen MR) is 103 cm³/mol. The second-order valence-electron chi connectivity index (χ2n) is 6.34. The molecule has 1 heterocycles. The van der Waals surface area contributed by atoms with Crippen LogP contribution in [0.25, 0.3) is 0 Å². The molecular weight excluding hydrogens is 348 g/mol. The largest absolute Gasteiger partial charge is 0.463 e. The topological polar surface area (TPSA) is 58.9 Å². The first-order valence-corrected chi connectivity index (χ1v) is 8.92. The smallest absolute Gasteiger partial charge is 0.287 e. The van der Waals surface area contributed by atoms with Gasteiger partial charge in [0.05, 0.1) is 6.26 Å². The molecule has 1 amide bonds. The van der Waals surface area contributed by atoms with Gasteiger partial charge < -0.3 is 15.1 Å². The summed E-state index contributed by atoms with van der Waals surface area (Å²) in [6.07, 6.45) is 1.64. The summed E-state index contributed by atoms with van der Waals surface area (Å²) in [4.78, 5) is 13.0. The fourth-order valence-electron chi connectivity index (χ4n) is 2.83. The minimum absolute atomic E-state index is 0.00237. The van der Waals surface area contributed by atoms with E-state index in [1.165, 1.54) is 0 Å². The molecular formula is C21H22ClN2O2+. The van der Waals surface area contributed by atoms with E-state index in [0.29, 0.717) is 10.7 Å². The third kappa shape index (κ3) is 4.34. The molecule has 0 fully saturated rings. The normalized spacial score (nSPS) is 13.2. The lowest BCUT2D eigenvalue weighted by molar-refractivity contribution is -0.720. The summed E-state index contributed by atoms with van der Waals surface area (Å²) < 4.78 is 5.48. The van der Waals surface area contributed by atoms with Crippen molar-refractivity contribution in [3.8, 4) is 0 Å². The average molecular weight is 370 g/mol. The van der Waals surface area contributed by atoms with Crippen LogP contribution >= 0.6 is 11.6 Å². The molecule has 3 N–H and O–H groups in total. The van der Waals surface area contributed by atoms with Crippen molar-refractivity contribution in [3.05, 3.63) is 88.8 Å². The molecule has 0 saturated heterocycles. The van der Waals surface area contributed by atoms with Gasteiger partial charge in [-0.2, -0.15) is 0 Å². The first kappa shape index (κ1) is 18.2. The van der Waals surface area contributed by atoms with Gasteiger partial charge in [-0.15, -0.1) is 0 Å². The number of hydrogen-bond acceptors (Lipinski definition) is 2. The number of rotatable bonds is 6. The second kappa shape index (κ2) is 8.21. The molecule has 3 aromatic rings. The molecule has 1 aromatic heterocycles. The lowest BCUT2D eigenvalue weighted by Crippen LogP contribution is -2.87. The highest BCUT2D eigenvalue weighted by Crippen LogP contribution is 2.21. The molecule has 26 heavy (non-hydrogen) atoms. The summed E-state index contributed by atoms with van der Waals surface area (Å²) in [7, 11) is 0. The van der Waals surface area contributed by atoms with Crippen molar-refractivity contribution in [1.29, 1.82) is 0 Å². The monoisotopic (exact) mass is 369 g/mol. The van der Waals surface area contributed by atoms with E-state index in [-0.39, 0.29) is 11.9 Å². The highest BCUT2D eigenvalue weighted by molar-refractivity contribution is 6.31. The van der Waals surface area contributed by atoms with Crippen LogP contribution in [-0.4, -0.2) is 5.91 Å². The molecule has 0 aliphatic rings. The number of quaternary nitrogens is 1. The van der Waals surface area contributed by atoms with Gasteiger partial charge in [-0.05, 0) is 43.7 Å². The van der Waals surface area contributed by atoms with E-state index < -0.39 is 6.04 Å². The molecule has 0 saturated carbocycles. The number of amides is 1. The third-order valence-electron chi connectivity index (χ3n) is 4.35. The Morgan fingerprint density at radius 2 is 1.88 bits per heavy atom. The number of hydrogen-bond donors (Lipinski definition) is 2. The van der Waals surface area contributed by atoms with Gasteiger partial charge in [0.1, 0.15) is 6.04 Å². The quantitative estimate of drug-likeness (QED) is 0.682. The molecule has 3 rings (SSSR count). The van der Waals surface area contributed by atoms with Crippen molar-refractivity contribution in [2.75, 3.05) is 5.32 Å². The Hall–Kier alpha value is -2.56. The first-order chi connectivity index (χ1) is 12.5. The molecule has 4 nitrogen and oxygen atoms in total. The molecule has 0 bridgehead atoms. The van der Waals surface area contributed by atoms with Crippen LogP contribution in [0.15, 0.2) is 71.3 Å². The van der Waals surface area contributed by atoms with Crippen LogP contribution in [0.1, 0.15) is 35.9 Å². The summed E-state index contributed by atoms with van der Waals surface area (Å²) in [6.45, 7) is 3.95. The summed E-state index contributed by atoms with van der Waals surface area (Å²) in [6, 6.07) is 18.6. The van der Waals surface area contributed by atoms with Crippen molar-refractivity contribution in [3.63, 3.8) is 0 Å². The van der Waals surface area contributed by atoms with E-state index in [1.54, 1.807) is 12.3 Å². The summed E-state index contributed by atoms with van der Waals surface area (Å²) in [5.41, 5.74) is 2.59. The molecule has 0 aliphatic carbocycles. The summed E-state index contributed by atoms with van der Waals surface area (Å²) >= 11 is 6.17. The van der Waals surface area contributed by atoms with Gasteiger partial charge in [0.15, 0.2) is 11.8 Å². The van der Waals surface area contributed by atoms with E-state index >= 15 is 0 Å². The van der Waals surface area contributed by atoms with E-state index in [1.807, 2.05) is 73.8 Å². The zero-order valence-corrected chi connectivity index (χ0v) is 15.5. The van der Waals surface area contributed by atoms with Crippen LogP contribution in [0.2, 0.25) is 5.02 Å². The van der Waals surface area contributed by atoms with Gasteiger partial charge in [0, 0.05) is 16.3 Å². The SMILES string of the molecule is Cc1ccc(NC(=O)[C@H]([NH2+][C@H](C)c2ccco2)c2ccccc2)cc1Cl. The maximum Gasteiger partial charge on any atom is 0.287 e. The Morgan fingerprint density at radius 1 is 1.12 bits per heavy atom. The fourth-order valence-corrected chi connectivity index (χ4v) is 3.02. The lowest BCUT2D eigenvalue weighted by atomic mass is 10.0. The van der Waals surface area contributed by atoms with E-state index in [0.717, 1.165) is 16.9 Å². The van der Waals surface area contributed by atoms with Crippen molar-refractivity contribution in [2.45, 2.75) is 25.9 Å². The standard InChI is InChI=1S/C21H21ClN2O2/c1-14-10-11-17(13-18(14)22)24-21(25)20(16-7-4-3-5-8-16)23-15(2)19-9-6-12-26-19/h3-13,15,20,23H,1-2H3,(H,24,25)/p+1/t15-,20-/m1/s1. The number of anilines is 1. The first-order valence-electron chi connectivity index (χ1n) is 8.55. The Morgan fingerprint density at radius 3 is 2.54 bits per heavy atom. The van der Waals surface area contributed by atoms with Crippen LogP contribution in [0.4, 0.5) is 5.69 Å². The Kier molecular flexibility index (Phi) is 5.76. The molecule has 0 radical (unpaired) electrons. The van der Waals surface area contributed by atoms with E-state index in [2.05, 4.69) is 5.32 Å². The number of halogens is 1. The van der Waals surface area contributed by atoms with Gasteiger partial charge in [-0.25, -0.2) is 0 Å². The number of benzene rings is 2. The zero-order valence-electron chi connectivity index (χ0n) is 14.8. The number of carbonyl (C=O) groups is 1. The number of aryl methyl sites for hydroxylation is 1. The van der Waals surface area contributed by atoms with Crippen LogP contribution in [-0.2, 0) is 4.79 Å². The zero-order chi connectivity index (χ0) is 18.5. The Bertz CT molecular complexity index is 863. The number of nitrogens with two attached hydrogens (primary N) is 1. The predicted octanol–water partition coefficient (Wildman–Crippen LogP) is 4.25. The number of furan rings is 1. The minimum atomic E-state index is -0.406. The molecule has 5 heteroatoms. The van der Waals surface area contributed by atoms with Gasteiger partial charge in [0.2, 0.25) is 0 Å². The molecule has 2 atom stereocenters. The van der Waals surface area contributed by atoms with E-state index in [4.69, 9.17) is 16.0 Å². The van der Waals surface area contributed by atoms with Gasteiger partial charge in [-0.3, -0.25) is 4.79 Å². The van der Waals surface area contributed by atoms with Gasteiger partial charge in [0.25, 0.3) is 5.91 Å². The third-order valence-corrected chi connectivity index (χ3v) is 4.76. The second-order valence-corrected chi connectivity index (χ2v) is 6.75. The van der Waals surface area contributed by atoms with Crippen LogP contribution in [0.3, 0.4) is 0 Å². The maximum atomic E-state index is 13.0. The highest BCUT2D eigenvalue weighted by Gasteiger charge is 2.28. The van der Waals surface area contributed by atoms with Gasteiger partial charge >= 0.3 is 0 Å². The number of nitrogens with one attached hydrogen (secondary N) is 1. The minimum Gasteiger partial charge on any atom is -0.463 e. The maximum absolute atomic E-state index is 13.0. The summed E-state index contributed by atoms with van der Waals surface area (Å²) in [5.74, 6) is 0.728. The van der Waals surface area contributed by atoms with Crippen LogP contribution in [0.5, 0.6) is 0 Å².